The fourth-order valence-electron chi connectivity index (χ4n) is 1.15. The molecule has 2 aromatic heterocycles. The molecule has 0 aliphatic rings. The maximum atomic E-state index is 10.5. The molecular weight excluding hydrogens is 332 g/mol. The predicted octanol–water partition coefficient (Wildman–Crippen LogP) is 2.80. The van der Waals surface area contributed by atoms with Crippen molar-refractivity contribution in [2.75, 3.05) is 0 Å². The van der Waals surface area contributed by atoms with Crippen LogP contribution in [0.1, 0.15) is 0 Å². The van der Waals surface area contributed by atoms with E-state index in [0.717, 1.165) is 3.57 Å². The van der Waals surface area contributed by atoms with E-state index in [1.54, 1.807) is 6.20 Å². The van der Waals surface area contributed by atoms with Crippen molar-refractivity contribution in [3.63, 3.8) is 0 Å². The van der Waals surface area contributed by atoms with Crippen LogP contribution in [0.15, 0.2) is 18.5 Å². The number of nitrogens with zero attached hydrogens (tertiary/aromatic N) is 3. The van der Waals surface area contributed by atoms with Gasteiger partial charge in [0.25, 0.3) is 5.69 Å². The molecule has 0 bridgehead atoms. The first-order valence-electron chi connectivity index (χ1n) is 3.84. The summed E-state index contributed by atoms with van der Waals surface area (Å²) in [6.07, 6.45) is 2.78. The van der Waals surface area contributed by atoms with Crippen LogP contribution in [0.4, 0.5) is 5.69 Å². The highest BCUT2D eigenvalue weighted by molar-refractivity contribution is 14.1. The smallest absolute Gasteiger partial charge is 0.258 e. The SMILES string of the molecule is O=[N+]([O-])c1cnc2c(I)cnc(Cl)c2c1. The van der Waals surface area contributed by atoms with Crippen molar-refractivity contribution in [3.8, 4) is 0 Å². The molecule has 0 fully saturated rings. The molecule has 0 unspecified atom stereocenters. The quantitative estimate of drug-likeness (QED) is 0.348. The molecule has 0 N–H and O–H groups in total. The Morgan fingerprint density at radius 2 is 2.13 bits per heavy atom. The number of hydrogen-bond acceptors (Lipinski definition) is 4. The van der Waals surface area contributed by atoms with E-state index < -0.39 is 4.92 Å². The van der Waals surface area contributed by atoms with Crippen LogP contribution in [-0.4, -0.2) is 14.9 Å². The van der Waals surface area contributed by atoms with Gasteiger partial charge in [0, 0.05) is 17.6 Å². The van der Waals surface area contributed by atoms with E-state index in [1.165, 1.54) is 12.3 Å². The predicted molar refractivity (Wildman–Crippen MR) is 63.9 cm³/mol. The molecule has 0 spiro atoms. The lowest BCUT2D eigenvalue weighted by Crippen LogP contribution is -1.92. The van der Waals surface area contributed by atoms with Gasteiger partial charge >= 0.3 is 0 Å². The lowest BCUT2D eigenvalue weighted by molar-refractivity contribution is -0.385. The van der Waals surface area contributed by atoms with Gasteiger partial charge in [-0.3, -0.25) is 10.1 Å². The molecule has 5 nitrogen and oxygen atoms in total. The van der Waals surface area contributed by atoms with Gasteiger partial charge in [-0.25, -0.2) is 9.97 Å². The van der Waals surface area contributed by atoms with E-state index in [4.69, 9.17) is 11.6 Å². The number of pyridine rings is 2. The Kier molecular flexibility index (Phi) is 2.70. The summed E-state index contributed by atoms with van der Waals surface area (Å²) >= 11 is 7.88. The number of fused-ring (bicyclic) bond motifs is 1. The minimum Gasteiger partial charge on any atom is -0.258 e. The van der Waals surface area contributed by atoms with Gasteiger partial charge < -0.3 is 0 Å². The minimum atomic E-state index is -0.511. The van der Waals surface area contributed by atoms with Crippen LogP contribution < -0.4 is 0 Å². The fraction of sp³-hybridized carbons (Fsp3) is 0. The van der Waals surface area contributed by atoms with Gasteiger partial charge in [-0.05, 0) is 22.6 Å². The Morgan fingerprint density at radius 3 is 2.80 bits per heavy atom. The van der Waals surface area contributed by atoms with Crippen molar-refractivity contribution in [1.29, 1.82) is 0 Å². The number of aromatic nitrogens is 2. The van der Waals surface area contributed by atoms with Crippen LogP contribution in [0, 0.1) is 13.7 Å². The van der Waals surface area contributed by atoms with Crippen LogP contribution in [0.3, 0.4) is 0 Å². The highest BCUT2D eigenvalue weighted by Gasteiger charge is 2.11. The second kappa shape index (κ2) is 3.86. The molecule has 0 saturated heterocycles. The number of hydrogen-bond donors (Lipinski definition) is 0. The lowest BCUT2D eigenvalue weighted by atomic mass is 10.2. The summed E-state index contributed by atoms with van der Waals surface area (Å²) in [5, 5.41) is 11.3. The Bertz CT molecular complexity index is 561. The normalized spacial score (nSPS) is 10.5. The van der Waals surface area contributed by atoms with Gasteiger partial charge in [0.2, 0.25) is 0 Å². The van der Waals surface area contributed by atoms with E-state index >= 15 is 0 Å². The maximum absolute atomic E-state index is 10.5. The Morgan fingerprint density at radius 1 is 1.40 bits per heavy atom. The van der Waals surface area contributed by atoms with Gasteiger partial charge in [-0.1, -0.05) is 11.6 Å². The largest absolute Gasteiger partial charge is 0.288 e. The third kappa shape index (κ3) is 1.86. The summed E-state index contributed by atoms with van der Waals surface area (Å²) in [6.45, 7) is 0. The van der Waals surface area contributed by atoms with E-state index in [9.17, 15) is 10.1 Å². The van der Waals surface area contributed by atoms with Crippen LogP contribution in [0.2, 0.25) is 5.15 Å². The van der Waals surface area contributed by atoms with Gasteiger partial charge in [0.05, 0.1) is 14.0 Å². The Balaban J connectivity index is 2.81. The highest BCUT2D eigenvalue weighted by atomic mass is 127. The van der Waals surface area contributed by atoms with Gasteiger partial charge in [0.15, 0.2) is 0 Å². The molecule has 2 rings (SSSR count). The lowest BCUT2D eigenvalue weighted by Gasteiger charge is -2.00. The molecule has 0 aromatic carbocycles. The van der Waals surface area contributed by atoms with Crippen molar-refractivity contribution < 1.29 is 4.92 Å². The van der Waals surface area contributed by atoms with Crippen LogP contribution in [0.5, 0.6) is 0 Å². The molecule has 2 aromatic rings. The molecule has 0 amide bonds. The van der Waals surface area contributed by atoms with Crippen LogP contribution in [-0.2, 0) is 0 Å². The first kappa shape index (κ1) is 10.5. The maximum Gasteiger partial charge on any atom is 0.288 e. The molecule has 76 valence electrons. The number of halogens is 2. The molecule has 0 aliphatic heterocycles. The molecule has 7 heteroatoms. The summed E-state index contributed by atoms with van der Waals surface area (Å²) < 4.78 is 0.807. The molecule has 15 heavy (non-hydrogen) atoms. The van der Waals surface area contributed by atoms with E-state index in [2.05, 4.69) is 32.6 Å². The van der Waals surface area contributed by atoms with Crippen molar-refractivity contribution in [2.24, 2.45) is 0 Å². The summed E-state index contributed by atoms with van der Waals surface area (Å²) in [6, 6.07) is 1.37. The summed E-state index contributed by atoms with van der Waals surface area (Å²) in [5.74, 6) is 0. The second-order valence-electron chi connectivity index (χ2n) is 2.74. The van der Waals surface area contributed by atoms with Crippen molar-refractivity contribution in [1.82, 2.24) is 9.97 Å². The monoisotopic (exact) mass is 335 g/mol. The average molecular weight is 335 g/mol. The van der Waals surface area contributed by atoms with Gasteiger partial charge in [-0.15, -0.1) is 0 Å². The third-order valence-corrected chi connectivity index (χ3v) is 2.91. The zero-order chi connectivity index (χ0) is 11.0. The van der Waals surface area contributed by atoms with Crippen LogP contribution in [0.25, 0.3) is 10.9 Å². The molecule has 0 atom stereocenters. The molecule has 2 heterocycles. The third-order valence-electron chi connectivity index (χ3n) is 1.82. The van der Waals surface area contributed by atoms with Crippen molar-refractivity contribution in [2.45, 2.75) is 0 Å². The zero-order valence-electron chi connectivity index (χ0n) is 7.15. The fourth-order valence-corrected chi connectivity index (χ4v) is 1.91. The van der Waals surface area contributed by atoms with E-state index in [-0.39, 0.29) is 10.8 Å². The summed E-state index contributed by atoms with van der Waals surface area (Å²) in [4.78, 5) is 17.9. The standard InChI is InChI=1S/C8H3ClIN3O2/c9-8-5-1-4(13(14)15)2-11-7(5)6(10)3-12-8/h1-3H. The molecule has 0 saturated carbocycles. The number of nitro groups is 1. The van der Waals surface area contributed by atoms with Gasteiger partial charge in [-0.2, -0.15) is 0 Å². The first-order chi connectivity index (χ1) is 7.09. The Labute approximate surface area is 103 Å². The van der Waals surface area contributed by atoms with E-state index in [1.807, 2.05) is 0 Å². The van der Waals surface area contributed by atoms with Gasteiger partial charge in [0.1, 0.15) is 11.3 Å². The molecular formula is C8H3ClIN3O2. The minimum absolute atomic E-state index is 0.0896. The van der Waals surface area contributed by atoms with Crippen molar-refractivity contribution in [3.05, 3.63) is 37.3 Å². The highest BCUT2D eigenvalue weighted by Crippen LogP contribution is 2.26. The van der Waals surface area contributed by atoms with Crippen LogP contribution >= 0.6 is 34.2 Å². The Hall–Kier alpha value is -1.02. The summed E-state index contributed by atoms with van der Waals surface area (Å²) in [5.41, 5.74) is 0.536. The molecule has 0 radical (unpaired) electrons. The number of rotatable bonds is 1. The first-order valence-corrected chi connectivity index (χ1v) is 5.29. The zero-order valence-corrected chi connectivity index (χ0v) is 10.1. The van der Waals surface area contributed by atoms with E-state index in [0.29, 0.717) is 10.9 Å². The average Bonchev–Trinajstić information content (AvgIpc) is 2.23. The summed E-state index contributed by atoms with van der Waals surface area (Å²) in [7, 11) is 0. The topological polar surface area (TPSA) is 68.9 Å². The second-order valence-corrected chi connectivity index (χ2v) is 4.26. The molecule has 0 aliphatic carbocycles. The van der Waals surface area contributed by atoms with Crippen molar-refractivity contribution >= 4 is 50.8 Å².